The maximum Gasteiger partial charge on any atom is 0.252 e. The van der Waals surface area contributed by atoms with Gasteiger partial charge in [0.1, 0.15) is 18.5 Å². The minimum Gasteiger partial charge on any atom is -0.352 e. The van der Waals surface area contributed by atoms with Gasteiger partial charge in [-0.1, -0.05) is 23.7 Å². The Morgan fingerprint density at radius 2 is 1.89 bits per heavy atom. The predicted octanol–water partition coefficient (Wildman–Crippen LogP) is 2.50. The van der Waals surface area contributed by atoms with Gasteiger partial charge in [-0.15, -0.1) is 0 Å². The van der Waals surface area contributed by atoms with Gasteiger partial charge < -0.3 is 10.6 Å². The first-order valence-corrected chi connectivity index (χ1v) is 8.84. The average Bonchev–Trinajstić information content (AvgIpc) is 3.21. The van der Waals surface area contributed by atoms with Gasteiger partial charge in [0.05, 0.1) is 16.3 Å². The van der Waals surface area contributed by atoms with Crippen molar-refractivity contribution in [3.05, 3.63) is 77.1 Å². The molecule has 9 heteroatoms. The summed E-state index contributed by atoms with van der Waals surface area (Å²) in [7, 11) is 0. The van der Waals surface area contributed by atoms with Gasteiger partial charge in [-0.3, -0.25) is 9.59 Å². The molecular weight excluding hydrogens is 385 g/mol. The Hall–Kier alpha value is -3.26. The second kappa shape index (κ2) is 9.09. The molecule has 7 nitrogen and oxygen atoms in total. The Morgan fingerprint density at radius 3 is 2.57 bits per heavy atom. The summed E-state index contributed by atoms with van der Waals surface area (Å²) in [4.78, 5) is 27.8. The van der Waals surface area contributed by atoms with Crippen LogP contribution in [0, 0.1) is 5.82 Å². The molecule has 0 fully saturated rings. The lowest BCUT2D eigenvalue weighted by Crippen LogP contribution is -2.30. The second-order valence-electron chi connectivity index (χ2n) is 5.91. The Bertz CT molecular complexity index is 961. The lowest BCUT2D eigenvalue weighted by molar-refractivity contribution is -0.121. The van der Waals surface area contributed by atoms with Crippen molar-refractivity contribution in [2.24, 2.45) is 0 Å². The SMILES string of the molecule is O=C(CCNC(=O)c1ccc(F)cc1Cl)NCc1ccc(-n2cncn2)cc1. The number of carbonyl (C=O) groups is 2. The summed E-state index contributed by atoms with van der Waals surface area (Å²) in [6.45, 7) is 0.512. The molecule has 0 spiro atoms. The van der Waals surface area contributed by atoms with Gasteiger partial charge in [0.15, 0.2) is 0 Å². The minimum atomic E-state index is -0.518. The number of benzene rings is 2. The van der Waals surface area contributed by atoms with Gasteiger partial charge in [0.2, 0.25) is 5.91 Å². The molecule has 0 bridgehead atoms. The van der Waals surface area contributed by atoms with Crippen LogP contribution in [-0.2, 0) is 11.3 Å². The molecule has 0 aliphatic rings. The molecule has 0 aliphatic carbocycles. The van der Waals surface area contributed by atoms with Crippen LogP contribution in [0.4, 0.5) is 4.39 Å². The van der Waals surface area contributed by atoms with Crippen LogP contribution in [0.1, 0.15) is 22.3 Å². The summed E-state index contributed by atoms with van der Waals surface area (Å²) in [5.41, 5.74) is 1.96. The van der Waals surface area contributed by atoms with Crippen molar-refractivity contribution in [2.45, 2.75) is 13.0 Å². The highest BCUT2D eigenvalue weighted by Crippen LogP contribution is 2.16. The Labute approximate surface area is 165 Å². The average molecular weight is 402 g/mol. The number of nitrogens with zero attached hydrogens (tertiary/aromatic N) is 3. The number of halogens is 2. The summed E-state index contributed by atoms with van der Waals surface area (Å²) in [5.74, 6) is -1.18. The van der Waals surface area contributed by atoms with Crippen molar-refractivity contribution in [2.75, 3.05) is 6.54 Å². The van der Waals surface area contributed by atoms with E-state index in [-0.39, 0.29) is 29.5 Å². The summed E-state index contributed by atoms with van der Waals surface area (Å²) in [6, 6.07) is 11.0. The predicted molar refractivity (Wildman–Crippen MR) is 102 cm³/mol. The molecule has 0 radical (unpaired) electrons. The highest BCUT2D eigenvalue weighted by Gasteiger charge is 2.11. The van der Waals surface area contributed by atoms with E-state index >= 15 is 0 Å². The highest BCUT2D eigenvalue weighted by atomic mass is 35.5. The van der Waals surface area contributed by atoms with Gasteiger partial charge in [0, 0.05) is 19.5 Å². The molecule has 0 aliphatic heterocycles. The summed E-state index contributed by atoms with van der Waals surface area (Å²) >= 11 is 5.84. The Morgan fingerprint density at radius 1 is 1.11 bits per heavy atom. The highest BCUT2D eigenvalue weighted by molar-refractivity contribution is 6.33. The van der Waals surface area contributed by atoms with Crippen molar-refractivity contribution in [1.82, 2.24) is 25.4 Å². The van der Waals surface area contributed by atoms with E-state index < -0.39 is 11.7 Å². The first kappa shape index (κ1) is 19.5. The maximum atomic E-state index is 13.0. The second-order valence-corrected chi connectivity index (χ2v) is 6.32. The molecular formula is C19H17ClFN5O2. The van der Waals surface area contributed by atoms with Crippen LogP contribution >= 0.6 is 11.6 Å². The van der Waals surface area contributed by atoms with E-state index in [0.717, 1.165) is 23.4 Å². The minimum absolute atomic E-state index is 0.0243. The molecule has 0 unspecified atom stereocenters. The lowest BCUT2D eigenvalue weighted by Gasteiger charge is -2.08. The quantitative estimate of drug-likeness (QED) is 0.636. The van der Waals surface area contributed by atoms with E-state index in [1.54, 1.807) is 11.0 Å². The summed E-state index contributed by atoms with van der Waals surface area (Å²) in [5, 5.41) is 9.44. The fourth-order valence-corrected chi connectivity index (χ4v) is 2.71. The normalized spacial score (nSPS) is 10.5. The van der Waals surface area contributed by atoms with Crippen LogP contribution < -0.4 is 10.6 Å². The number of rotatable bonds is 7. The van der Waals surface area contributed by atoms with Crippen molar-refractivity contribution in [3.63, 3.8) is 0 Å². The molecule has 3 rings (SSSR count). The van der Waals surface area contributed by atoms with Crippen molar-refractivity contribution >= 4 is 23.4 Å². The molecule has 0 atom stereocenters. The zero-order valence-electron chi connectivity index (χ0n) is 14.7. The van der Waals surface area contributed by atoms with Crippen LogP contribution in [0.5, 0.6) is 0 Å². The summed E-state index contributed by atoms with van der Waals surface area (Å²) in [6.07, 6.45) is 3.17. The molecule has 2 aromatic carbocycles. The van der Waals surface area contributed by atoms with E-state index in [2.05, 4.69) is 20.7 Å². The lowest BCUT2D eigenvalue weighted by atomic mass is 10.2. The first-order chi connectivity index (χ1) is 13.5. The number of carbonyl (C=O) groups excluding carboxylic acids is 2. The van der Waals surface area contributed by atoms with Crippen molar-refractivity contribution in [3.8, 4) is 5.69 Å². The molecule has 144 valence electrons. The van der Waals surface area contributed by atoms with E-state index in [9.17, 15) is 14.0 Å². The molecule has 0 saturated carbocycles. The molecule has 1 heterocycles. The zero-order valence-corrected chi connectivity index (χ0v) is 15.5. The zero-order chi connectivity index (χ0) is 19.9. The van der Waals surface area contributed by atoms with Crippen LogP contribution in [0.15, 0.2) is 55.1 Å². The molecule has 0 saturated heterocycles. The number of hydrogen-bond donors (Lipinski definition) is 2. The van der Waals surface area contributed by atoms with Crippen molar-refractivity contribution < 1.29 is 14.0 Å². The van der Waals surface area contributed by atoms with Crippen LogP contribution in [0.2, 0.25) is 5.02 Å². The maximum absolute atomic E-state index is 13.0. The van der Waals surface area contributed by atoms with E-state index in [0.29, 0.717) is 6.54 Å². The van der Waals surface area contributed by atoms with Crippen LogP contribution in [0.3, 0.4) is 0 Å². The van der Waals surface area contributed by atoms with Gasteiger partial charge in [-0.2, -0.15) is 5.10 Å². The third kappa shape index (κ3) is 5.14. The number of amides is 2. The fraction of sp³-hybridized carbons (Fsp3) is 0.158. The number of aromatic nitrogens is 3. The monoisotopic (exact) mass is 401 g/mol. The van der Waals surface area contributed by atoms with Crippen LogP contribution in [-0.4, -0.2) is 33.1 Å². The number of nitrogens with one attached hydrogen (secondary N) is 2. The molecule has 2 amide bonds. The largest absolute Gasteiger partial charge is 0.352 e. The van der Waals surface area contributed by atoms with Crippen molar-refractivity contribution in [1.29, 1.82) is 0 Å². The fourth-order valence-electron chi connectivity index (χ4n) is 2.46. The molecule has 3 aromatic rings. The van der Waals surface area contributed by atoms with E-state index in [1.807, 2.05) is 24.3 Å². The van der Waals surface area contributed by atoms with E-state index in [1.165, 1.54) is 12.4 Å². The van der Waals surface area contributed by atoms with Gasteiger partial charge in [0.25, 0.3) is 5.91 Å². The molecule has 1 aromatic heterocycles. The van der Waals surface area contributed by atoms with Gasteiger partial charge in [-0.25, -0.2) is 14.1 Å². The van der Waals surface area contributed by atoms with E-state index in [4.69, 9.17) is 11.6 Å². The Kier molecular flexibility index (Phi) is 6.33. The molecule has 2 N–H and O–H groups in total. The van der Waals surface area contributed by atoms with Crippen LogP contribution in [0.25, 0.3) is 5.69 Å². The third-order valence-electron chi connectivity index (χ3n) is 3.92. The smallest absolute Gasteiger partial charge is 0.252 e. The summed E-state index contributed by atoms with van der Waals surface area (Å²) < 4.78 is 14.6. The van der Waals surface area contributed by atoms with Gasteiger partial charge in [-0.05, 0) is 35.9 Å². The number of hydrogen-bond acceptors (Lipinski definition) is 4. The topological polar surface area (TPSA) is 88.9 Å². The molecule has 28 heavy (non-hydrogen) atoms. The first-order valence-electron chi connectivity index (χ1n) is 8.47. The third-order valence-corrected chi connectivity index (χ3v) is 4.24. The standard InChI is InChI=1S/C19H17ClFN5O2/c20-17-9-14(21)3-6-16(17)19(28)23-8-7-18(27)24-10-13-1-4-15(5-2-13)26-12-22-11-25-26/h1-6,9,11-12H,7-8,10H2,(H,23,28)(H,24,27). The van der Waals surface area contributed by atoms with Gasteiger partial charge >= 0.3 is 0 Å². The Balaban J connectivity index is 1.41.